The largest absolute Gasteiger partial charge is 0.471 e. The average molecular weight is 473 g/mol. The number of carbonyl (C=O) groups excluding carboxylic acids is 1. The molecule has 0 fully saturated rings. The molecule has 12 heteroatoms. The zero-order valence-corrected chi connectivity index (χ0v) is 16.9. The number of nitrogens with zero attached hydrogens (tertiary/aromatic N) is 2. The van der Waals surface area contributed by atoms with E-state index in [0.717, 1.165) is 10.2 Å². The summed E-state index contributed by atoms with van der Waals surface area (Å²) in [5.74, 6) is -0.610. The van der Waals surface area contributed by atoms with Crippen molar-refractivity contribution >= 4 is 58.5 Å². The van der Waals surface area contributed by atoms with Crippen LogP contribution < -0.4 is 5.32 Å². The Kier molecular flexibility index (Phi) is 6.32. The van der Waals surface area contributed by atoms with E-state index in [1.807, 2.05) is 6.92 Å². The van der Waals surface area contributed by atoms with Crippen molar-refractivity contribution in [2.45, 2.75) is 20.1 Å². The lowest BCUT2D eigenvalue weighted by atomic mass is 10.2. The fraction of sp³-hybridized carbons (Fsp3) is 0.231. The van der Waals surface area contributed by atoms with Gasteiger partial charge in [0, 0.05) is 0 Å². The van der Waals surface area contributed by atoms with Crippen LogP contribution in [0.2, 0.25) is 10.2 Å². The quantitative estimate of drug-likeness (QED) is 0.563. The third-order valence-corrected chi connectivity index (χ3v) is 5.25. The standard InChI is InChI=1S/C13H13BrCl2N3O5P/c1-6-3-4-9(8(15)5-6)17-13(20)11-10(14)12(16)19(18-11)7(2)24-25(21,22)23/h3-5,7H,1-2H3,(H,17,20)(H2,21,22,23). The minimum Gasteiger partial charge on any atom is -0.319 e. The summed E-state index contributed by atoms with van der Waals surface area (Å²) in [6.45, 7) is 3.18. The van der Waals surface area contributed by atoms with Crippen molar-refractivity contribution in [3.05, 3.63) is 44.1 Å². The molecule has 2 rings (SSSR count). The van der Waals surface area contributed by atoms with Crippen molar-refractivity contribution in [3.63, 3.8) is 0 Å². The van der Waals surface area contributed by atoms with Crippen molar-refractivity contribution < 1.29 is 23.7 Å². The number of anilines is 1. The lowest BCUT2D eigenvalue weighted by Gasteiger charge is -2.14. The Bertz CT molecular complexity index is 870. The smallest absolute Gasteiger partial charge is 0.319 e. The van der Waals surface area contributed by atoms with Crippen LogP contribution in [0.25, 0.3) is 0 Å². The fourth-order valence-corrected chi connectivity index (χ4v) is 3.40. The van der Waals surface area contributed by atoms with E-state index in [1.54, 1.807) is 18.2 Å². The highest BCUT2D eigenvalue weighted by molar-refractivity contribution is 9.10. The van der Waals surface area contributed by atoms with Crippen LogP contribution in [-0.4, -0.2) is 25.5 Å². The zero-order chi connectivity index (χ0) is 18.9. The molecule has 0 radical (unpaired) electrons. The molecular weight excluding hydrogens is 460 g/mol. The van der Waals surface area contributed by atoms with E-state index in [2.05, 4.69) is 30.9 Å². The average Bonchev–Trinajstić information content (AvgIpc) is 2.77. The van der Waals surface area contributed by atoms with Gasteiger partial charge in [0.2, 0.25) is 0 Å². The van der Waals surface area contributed by atoms with Gasteiger partial charge in [-0.1, -0.05) is 29.3 Å². The molecule has 0 spiro atoms. The maximum Gasteiger partial charge on any atom is 0.471 e. The number of aromatic nitrogens is 2. The van der Waals surface area contributed by atoms with Crippen LogP contribution in [0.4, 0.5) is 5.69 Å². The molecule has 0 aliphatic rings. The Balaban J connectivity index is 2.29. The van der Waals surface area contributed by atoms with Gasteiger partial charge in [0.15, 0.2) is 11.9 Å². The third kappa shape index (κ3) is 5.04. The van der Waals surface area contributed by atoms with Crippen molar-refractivity contribution in [2.75, 3.05) is 5.32 Å². The number of benzene rings is 1. The molecule has 0 bridgehead atoms. The maximum atomic E-state index is 12.4. The topological polar surface area (TPSA) is 114 Å². The second-order valence-corrected chi connectivity index (χ2v) is 7.78. The lowest BCUT2D eigenvalue weighted by Crippen LogP contribution is -2.15. The van der Waals surface area contributed by atoms with E-state index in [9.17, 15) is 9.36 Å². The highest BCUT2D eigenvalue weighted by Gasteiger charge is 2.27. The van der Waals surface area contributed by atoms with Crippen LogP contribution in [-0.2, 0) is 9.09 Å². The molecule has 25 heavy (non-hydrogen) atoms. The van der Waals surface area contributed by atoms with Crippen LogP contribution >= 0.6 is 47.0 Å². The molecule has 1 aromatic carbocycles. The van der Waals surface area contributed by atoms with Gasteiger partial charge in [-0.2, -0.15) is 5.10 Å². The summed E-state index contributed by atoms with van der Waals surface area (Å²) >= 11 is 15.3. The normalized spacial score (nSPS) is 12.9. The first-order valence-electron chi connectivity index (χ1n) is 6.74. The highest BCUT2D eigenvalue weighted by Crippen LogP contribution is 2.42. The second-order valence-electron chi connectivity index (χ2n) is 5.03. The minimum absolute atomic E-state index is 0.0545. The van der Waals surface area contributed by atoms with E-state index in [1.165, 1.54) is 6.92 Å². The van der Waals surface area contributed by atoms with Crippen LogP contribution in [0, 0.1) is 6.92 Å². The van der Waals surface area contributed by atoms with Crippen LogP contribution in [0.3, 0.4) is 0 Å². The van der Waals surface area contributed by atoms with Gasteiger partial charge in [-0.3, -0.25) is 9.32 Å². The molecule has 2 aromatic rings. The van der Waals surface area contributed by atoms with E-state index in [0.29, 0.717) is 10.7 Å². The third-order valence-electron chi connectivity index (χ3n) is 3.02. The highest BCUT2D eigenvalue weighted by atomic mass is 79.9. The second kappa shape index (κ2) is 7.75. The number of carbonyl (C=O) groups is 1. The molecular formula is C13H13BrCl2N3O5P. The summed E-state index contributed by atoms with van der Waals surface area (Å²) in [7, 11) is -4.76. The van der Waals surface area contributed by atoms with Crippen molar-refractivity contribution in [1.29, 1.82) is 0 Å². The summed E-state index contributed by atoms with van der Waals surface area (Å²) in [5.41, 5.74) is 1.22. The number of hydrogen-bond acceptors (Lipinski definition) is 4. The van der Waals surface area contributed by atoms with Gasteiger partial charge >= 0.3 is 7.82 Å². The molecule has 3 N–H and O–H groups in total. The van der Waals surface area contributed by atoms with Crippen LogP contribution in [0.15, 0.2) is 22.7 Å². The first kappa shape index (κ1) is 20.4. The summed E-state index contributed by atoms with van der Waals surface area (Å²) in [4.78, 5) is 30.2. The Hall–Kier alpha value is -0.930. The Morgan fingerprint density at radius 2 is 2.08 bits per heavy atom. The molecule has 136 valence electrons. The van der Waals surface area contributed by atoms with Crippen molar-refractivity contribution in [3.8, 4) is 0 Å². The molecule has 1 unspecified atom stereocenters. The van der Waals surface area contributed by atoms with Gasteiger partial charge < -0.3 is 15.1 Å². The van der Waals surface area contributed by atoms with E-state index < -0.39 is 20.0 Å². The van der Waals surface area contributed by atoms with E-state index >= 15 is 0 Å². The van der Waals surface area contributed by atoms with Crippen LogP contribution in [0.1, 0.15) is 29.2 Å². The number of nitrogens with one attached hydrogen (secondary N) is 1. The monoisotopic (exact) mass is 471 g/mol. The van der Waals surface area contributed by atoms with Gasteiger partial charge in [0.05, 0.1) is 15.2 Å². The Morgan fingerprint density at radius 1 is 1.44 bits per heavy atom. The van der Waals surface area contributed by atoms with Gasteiger partial charge in [-0.15, -0.1) is 0 Å². The predicted octanol–water partition coefficient (Wildman–Crippen LogP) is 4.14. The molecule has 8 nitrogen and oxygen atoms in total. The molecule has 1 amide bonds. The van der Waals surface area contributed by atoms with Gasteiger partial charge in [0.1, 0.15) is 5.15 Å². The predicted molar refractivity (Wildman–Crippen MR) is 96.9 cm³/mol. The fourth-order valence-electron chi connectivity index (χ4n) is 1.93. The SMILES string of the molecule is Cc1ccc(NC(=O)c2nn(C(C)OP(=O)(O)O)c(Cl)c2Br)c(Cl)c1. The Labute approximate surface area is 161 Å². The maximum absolute atomic E-state index is 12.4. The zero-order valence-electron chi connectivity index (χ0n) is 12.9. The molecule has 0 saturated carbocycles. The first-order chi connectivity index (χ1) is 11.5. The molecule has 0 aliphatic heterocycles. The number of phosphoric acid groups is 1. The van der Waals surface area contributed by atoms with E-state index in [-0.39, 0.29) is 15.3 Å². The number of rotatable bonds is 5. The molecule has 0 aliphatic carbocycles. The van der Waals surface area contributed by atoms with Gasteiger partial charge in [-0.25, -0.2) is 9.25 Å². The lowest BCUT2D eigenvalue weighted by molar-refractivity contribution is 0.0876. The van der Waals surface area contributed by atoms with Crippen molar-refractivity contribution in [1.82, 2.24) is 9.78 Å². The van der Waals surface area contributed by atoms with Crippen molar-refractivity contribution in [2.24, 2.45) is 0 Å². The van der Waals surface area contributed by atoms with E-state index in [4.69, 9.17) is 33.0 Å². The number of phosphoric ester groups is 1. The number of hydrogen-bond donors (Lipinski definition) is 3. The molecule has 1 aromatic heterocycles. The number of aryl methyl sites for hydroxylation is 1. The number of halogens is 3. The number of amides is 1. The molecule has 1 atom stereocenters. The molecule has 1 heterocycles. The summed E-state index contributed by atoms with van der Waals surface area (Å²) in [6, 6.07) is 5.10. The summed E-state index contributed by atoms with van der Waals surface area (Å²) < 4.78 is 16.6. The van der Waals surface area contributed by atoms with Gasteiger partial charge in [0.25, 0.3) is 5.91 Å². The first-order valence-corrected chi connectivity index (χ1v) is 9.82. The van der Waals surface area contributed by atoms with Gasteiger partial charge in [-0.05, 0) is 47.5 Å². The molecule has 0 saturated heterocycles. The minimum atomic E-state index is -4.76. The van der Waals surface area contributed by atoms with Crippen LogP contribution in [0.5, 0.6) is 0 Å². The summed E-state index contributed by atoms with van der Waals surface area (Å²) in [5, 5.41) is 6.84. The summed E-state index contributed by atoms with van der Waals surface area (Å²) in [6.07, 6.45) is -1.20. The Morgan fingerprint density at radius 3 is 2.64 bits per heavy atom.